The smallest absolute Gasteiger partial charge is 0.323 e. The van der Waals surface area contributed by atoms with Gasteiger partial charge in [0, 0.05) is 15.6 Å². The average molecular weight is 530 g/mol. The van der Waals surface area contributed by atoms with Gasteiger partial charge in [0.25, 0.3) is 0 Å². The van der Waals surface area contributed by atoms with Crippen LogP contribution in [0.1, 0.15) is 38.3 Å². The summed E-state index contributed by atoms with van der Waals surface area (Å²) < 4.78 is 12.2. The molecule has 0 radical (unpaired) electrons. The number of thiophene rings is 1. The molecule has 1 N–H and O–H groups in total. The number of benzene rings is 3. The molecule has 2 atom stereocenters. The van der Waals surface area contributed by atoms with Crippen molar-refractivity contribution in [1.29, 1.82) is 0 Å². The highest BCUT2D eigenvalue weighted by atomic mass is 32.1. The third-order valence-corrected chi connectivity index (χ3v) is 7.34. The lowest BCUT2D eigenvalue weighted by Gasteiger charge is -2.25. The van der Waals surface area contributed by atoms with E-state index in [4.69, 9.17) is 9.47 Å². The number of esters is 2. The van der Waals surface area contributed by atoms with Gasteiger partial charge < -0.3 is 9.47 Å². The molecule has 4 aromatic rings. The average Bonchev–Trinajstić information content (AvgIpc) is 3.36. The Morgan fingerprint density at radius 2 is 1.50 bits per heavy atom. The second kappa shape index (κ2) is 13.4. The zero-order valence-electron chi connectivity index (χ0n) is 22.2. The van der Waals surface area contributed by atoms with E-state index < -0.39 is 12.1 Å². The molecule has 0 bridgehead atoms. The van der Waals surface area contributed by atoms with Crippen molar-refractivity contribution in [3.8, 4) is 11.1 Å². The van der Waals surface area contributed by atoms with Gasteiger partial charge in [0.2, 0.25) is 0 Å². The largest absolute Gasteiger partial charge is 0.465 e. The molecule has 0 fully saturated rings. The lowest BCUT2D eigenvalue weighted by molar-refractivity contribution is -0.150. The zero-order valence-corrected chi connectivity index (χ0v) is 23.0. The summed E-state index contributed by atoms with van der Waals surface area (Å²) >= 11 is 1.73. The summed E-state index contributed by atoms with van der Waals surface area (Å²) in [6.07, 6.45) is 0.956. The van der Waals surface area contributed by atoms with Crippen molar-refractivity contribution < 1.29 is 19.1 Å². The van der Waals surface area contributed by atoms with Gasteiger partial charge in [-0.25, -0.2) is 0 Å². The summed E-state index contributed by atoms with van der Waals surface area (Å²) in [7, 11) is 0. The van der Waals surface area contributed by atoms with Crippen molar-refractivity contribution in [2.24, 2.45) is 5.92 Å². The first-order chi connectivity index (χ1) is 18.4. The highest BCUT2D eigenvalue weighted by molar-refractivity contribution is 7.17. The van der Waals surface area contributed by atoms with Crippen LogP contribution >= 0.6 is 11.3 Å². The summed E-state index contributed by atoms with van der Waals surface area (Å²) in [5.74, 6) is -0.499. The molecular weight excluding hydrogens is 494 g/mol. The van der Waals surface area contributed by atoms with Gasteiger partial charge in [-0.05, 0) is 53.8 Å². The van der Waals surface area contributed by atoms with Crippen LogP contribution in [-0.2, 0) is 32.1 Å². The van der Waals surface area contributed by atoms with Gasteiger partial charge in [-0.3, -0.25) is 14.9 Å². The van der Waals surface area contributed by atoms with Crippen molar-refractivity contribution in [3.63, 3.8) is 0 Å². The molecule has 0 saturated heterocycles. The molecule has 4 rings (SSSR count). The first-order valence-electron chi connectivity index (χ1n) is 13.1. The fourth-order valence-electron chi connectivity index (χ4n) is 4.49. The zero-order chi connectivity index (χ0) is 26.9. The summed E-state index contributed by atoms with van der Waals surface area (Å²) in [4.78, 5) is 26.0. The Bertz CT molecular complexity index is 1330. The van der Waals surface area contributed by atoms with Gasteiger partial charge in [-0.15, -0.1) is 11.3 Å². The number of nitrogens with one attached hydrogen (secondary N) is 1. The van der Waals surface area contributed by atoms with Gasteiger partial charge in [0.1, 0.15) is 18.7 Å². The molecule has 0 aliphatic carbocycles. The maximum atomic E-state index is 13.1. The van der Waals surface area contributed by atoms with E-state index in [-0.39, 0.29) is 31.1 Å². The van der Waals surface area contributed by atoms with Crippen LogP contribution in [0.5, 0.6) is 0 Å². The second-order valence-corrected chi connectivity index (χ2v) is 10.7. The third kappa shape index (κ3) is 7.30. The molecular formula is C32H35NO4S. The predicted molar refractivity (Wildman–Crippen MR) is 154 cm³/mol. The molecule has 1 aromatic heterocycles. The number of hydrogen-bond donors (Lipinski definition) is 1. The molecule has 198 valence electrons. The van der Waals surface area contributed by atoms with Crippen LogP contribution in [0.15, 0.2) is 84.2 Å². The van der Waals surface area contributed by atoms with Gasteiger partial charge in [-0.1, -0.05) is 86.6 Å². The Morgan fingerprint density at radius 3 is 2.21 bits per heavy atom. The number of fused-ring (bicyclic) bond motifs is 1. The Morgan fingerprint density at radius 1 is 0.816 bits per heavy atom. The highest BCUT2D eigenvalue weighted by Gasteiger charge is 2.29. The highest BCUT2D eigenvalue weighted by Crippen LogP contribution is 2.33. The van der Waals surface area contributed by atoms with Crippen molar-refractivity contribution in [2.45, 2.75) is 52.3 Å². The van der Waals surface area contributed by atoms with Crippen molar-refractivity contribution >= 4 is 33.4 Å². The fraction of sp³-hybridized carbons (Fsp3) is 0.312. The molecule has 0 unspecified atom stereocenters. The lowest BCUT2D eigenvalue weighted by Crippen LogP contribution is -2.50. The quantitative estimate of drug-likeness (QED) is 0.205. The van der Waals surface area contributed by atoms with Crippen LogP contribution < -0.4 is 5.32 Å². The van der Waals surface area contributed by atoms with E-state index in [0.29, 0.717) is 12.8 Å². The maximum absolute atomic E-state index is 13.1. The minimum Gasteiger partial charge on any atom is -0.465 e. The van der Waals surface area contributed by atoms with Crippen LogP contribution in [0, 0.1) is 5.92 Å². The van der Waals surface area contributed by atoms with E-state index in [9.17, 15) is 9.59 Å². The number of carbonyl (C=O) groups is 2. The Balaban J connectivity index is 1.48. The fourth-order valence-corrected chi connectivity index (χ4v) is 5.46. The molecule has 0 spiro atoms. The Labute approximate surface area is 228 Å². The van der Waals surface area contributed by atoms with Crippen molar-refractivity contribution in [1.82, 2.24) is 5.32 Å². The predicted octanol–water partition coefficient (Wildman–Crippen LogP) is 6.79. The summed E-state index contributed by atoms with van der Waals surface area (Å²) in [6.45, 7) is 6.35. The van der Waals surface area contributed by atoms with E-state index in [0.717, 1.165) is 16.7 Å². The first kappa shape index (κ1) is 27.6. The Hall–Kier alpha value is -3.48. The number of rotatable bonds is 12. The minimum absolute atomic E-state index is 0.193. The first-order valence-corrected chi connectivity index (χ1v) is 14.0. The van der Waals surface area contributed by atoms with Crippen molar-refractivity contribution in [2.75, 3.05) is 6.61 Å². The third-order valence-electron chi connectivity index (χ3n) is 6.37. The molecule has 38 heavy (non-hydrogen) atoms. The molecule has 0 amide bonds. The molecule has 0 aliphatic rings. The van der Waals surface area contributed by atoms with E-state index in [1.807, 2.05) is 56.3 Å². The van der Waals surface area contributed by atoms with Gasteiger partial charge in [0.05, 0.1) is 6.61 Å². The molecule has 0 saturated carbocycles. The van der Waals surface area contributed by atoms with Crippen LogP contribution in [0.25, 0.3) is 21.2 Å². The second-order valence-electron chi connectivity index (χ2n) is 9.79. The normalized spacial score (nSPS) is 12.8. The van der Waals surface area contributed by atoms with Crippen LogP contribution in [0.4, 0.5) is 0 Å². The standard InChI is InChI=1S/C32H35NO4S/c1-4-36-31(34)29(33-28(18-22(2)3)32(35)37-20-24-10-6-5-7-11-24)19-23-14-16-25(17-15-23)27-21-38-30-13-9-8-12-26(27)30/h5-17,21-22,28-29,33H,4,18-20H2,1-3H3/t28-,29-/m0/s1. The SMILES string of the molecule is CCOC(=O)[C@H](Cc1ccc(-c2csc3ccccc23)cc1)N[C@@H](CC(C)C)C(=O)OCc1ccccc1. The lowest BCUT2D eigenvalue weighted by atomic mass is 9.98. The van der Waals surface area contributed by atoms with Gasteiger partial charge in [0.15, 0.2) is 0 Å². The van der Waals surface area contributed by atoms with Gasteiger partial charge >= 0.3 is 11.9 Å². The topological polar surface area (TPSA) is 64.6 Å². The molecule has 1 heterocycles. The monoisotopic (exact) mass is 529 g/mol. The number of hydrogen-bond acceptors (Lipinski definition) is 6. The molecule has 5 nitrogen and oxygen atoms in total. The molecule has 6 heteroatoms. The minimum atomic E-state index is -0.671. The number of ether oxygens (including phenoxy) is 2. The van der Waals surface area contributed by atoms with E-state index >= 15 is 0 Å². The van der Waals surface area contributed by atoms with Crippen LogP contribution in [0.3, 0.4) is 0 Å². The molecule has 0 aliphatic heterocycles. The van der Waals surface area contributed by atoms with E-state index in [2.05, 4.69) is 47.1 Å². The van der Waals surface area contributed by atoms with E-state index in [1.54, 1.807) is 18.3 Å². The van der Waals surface area contributed by atoms with Crippen LogP contribution in [-0.4, -0.2) is 30.6 Å². The van der Waals surface area contributed by atoms with Crippen molar-refractivity contribution in [3.05, 3.63) is 95.4 Å². The summed E-state index contributed by atoms with van der Waals surface area (Å²) in [5.41, 5.74) is 4.24. The van der Waals surface area contributed by atoms with Crippen LogP contribution in [0.2, 0.25) is 0 Å². The number of carbonyl (C=O) groups excluding carboxylic acids is 2. The summed E-state index contributed by atoms with van der Waals surface area (Å²) in [6, 6.07) is 24.9. The maximum Gasteiger partial charge on any atom is 0.323 e. The summed E-state index contributed by atoms with van der Waals surface area (Å²) in [5, 5.41) is 6.69. The Kier molecular flexibility index (Phi) is 9.68. The van der Waals surface area contributed by atoms with Gasteiger partial charge in [-0.2, -0.15) is 0 Å². The van der Waals surface area contributed by atoms with E-state index in [1.165, 1.54) is 15.6 Å². The molecule has 3 aromatic carbocycles.